The topological polar surface area (TPSA) is 15.3 Å². The average molecular weight is 290 g/mol. The largest absolute Gasteiger partial charge is 0.308 e. The molecule has 1 saturated carbocycles. The van der Waals surface area contributed by atoms with E-state index in [0.717, 1.165) is 25.2 Å². The first-order chi connectivity index (χ1) is 10.1. The minimum Gasteiger partial charge on any atom is -0.308 e. The first-order valence-electron chi connectivity index (χ1n) is 8.32. The van der Waals surface area contributed by atoms with Gasteiger partial charge in [-0.05, 0) is 49.9 Å². The van der Waals surface area contributed by atoms with Gasteiger partial charge in [-0.15, -0.1) is 0 Å². The minimum absolute atomic E-state index is 0.131. The highest BCUT2D eigenvalue weighted by molar-refractivity contribution is 5.26. The molecule has 3 rings (SSSR count). The van der Waals surface area contributed by atoms with Crippen LogP contribution in [0, 0.1) is 12.7 Å². The molecule has 1 unspecified atom stereocenters. The van der Waals surface area contributed by atoms with Crippen LogP contribution >= 0.6 is 0 Å². The van der Waals surface area contributed by atoms with Gasteiger partial charge in [-0.1, -0.05) is 25.3 Å². The molecule has 1 saturated heterocycles. The molecule has 0 bridgehead atoms. The van der Waals surface area contributed by atoms with Crippen LogP contribution in [-0.4, -0.2) is 29.6 Å². The second-order valence-electron chi connectivity index (χ2n) is 7.05. The van der Waals surface area contributed by atoms with Crippen molar-refractivity contribution in [2.45, 2.75) is 64.1 Å². The number of nitrogens with zero attached hydrogens (tertiary/aromatic N) is 1. The third-order valence-corrected chi connectivity index (χ3v) is 5.39. The molecule has 116 valence electrons. The summed E-state index contributed by atoms with van der Waals surface area (Å²) in [5.74, 6) is -0.131. The van der Waals surface area contributed by atoms with Crippen molar-refractivity contribution in [3.63, 3.8) is 0 Å². The molecule has 0 aromatic heterocycles. The Kier molecular flexibility index (Phi) is 4.32. The summed E-state index contributed by atoms with van der Waals surface area (Å²) in [6.45, 7) is 7.45. The summed E-state index contributed by atoms with van der Waals surface area (Å²) in [5, 5.41) is 3.82. The van der Waals surface area contributed by atoms with Crippen molar-refractivity contribution in [3.8, 4) is 0 Å². The zero-order valence-electron chi connectivity index (χ0n) is 13.3. The molecule has 21 heavy (non-hydrogen) atoms. The molecule has 2 fully saturated rings. The molecule has 0 radical (unpaired) electrons. The predicted molar refractivity (Wildman–Crippen MR) is 84.8 cm³/mol. The smallest absolute Gasteiger partial charge is 0.123 e. The molecule has 1 aromatic carbocycles. The van der Waals surface area contributed by atoms with Crippen molar-refractivity contribution in [3.05, 3.63) is 35.1 Å². The van der Waals surface area contributed by atoms with Gasteiger partial charge < -0.3 is 5.32 Å². The molecule has 1 aliphatic heterocycles. The van der Waals surface area contributed by atoms with Gasteiger partial charge in [-0.25, -0.2) is 4.39 Å². The van der Waals surface area contributed by atoms with Crippen LogP contribution in [0.2, 0.25) is 0 Å². The van der Waals surface area contributed by atoms with E-state index in [1.165, 1.54) is 37.7 Å². The third-order valence-electron chi connectivity index (χ3n) is 5.39. The lowest BCUT2D eigenvalue weighted by Gasteiger charge is -2.49. The number of rotatable bonds is 2. The molecule has 1 aliphatic carbocycles. The van der Waals surface area contributed by atoms with Crippen LogP contribution in [0.15, 0.2) is 18.2 Å². The fraction of sp³-hybridized carbons (Fsp3) is 0.667. The molecule has 0 amide bonds. The van der Waals surface area contributed by atoms with Crippen molar-refractivity contribution in [2.24, 2.45) is 0 Å². The van der Waals surface area contributed by atoms with E-state index in [9.17, 15) is 4.39 Å². The van der Waals surface area contributed by atoms with Gasteiger partial charge >= 0.3 is 0 Å². The van der Waals surface area contributed by atoms with Crippen LogP contribution in [-0.2, 0) is 6.54 Å². The van der Waals surface area contributed by atoms with Gasteiger partial charge in [0.2, 0.25) is 0 Å². The SMILES string of the molecule is Cc1cc(F)ccc1CN1CC2(CCCCC2)NCC1C. The third kappa shape index (κ3) is 3.29. The quantitative estimate of drug-likeness (QED) is 0.895. The summed E-state index contributed by atoms with van der Waals surface area (Å²) in [6.07, 6.45) is 6.70. The number of hydrogen-bond donors (Lipinski definition) is 1. The van der Waals surface area contributed by atoms with E-state index in [2.05, 4.69) is 17.1 Å². The second kappa shape index (κ2) is 6.05. The summed E-state index contributed by atoms with van der Waals surface area (Å²) in [7, 11) is 0. The first-order valence-corrected chi connectivity index (χ1v) is 8.32. The van der Waals surface area contributed by atoms with E-state index in [1.807, 2.05) is 13.0 Å². The summed E-state index contributed by atoms with van der Waals surface area (Å²) < 4.78 is 13.3. The van der Waals surface area contributed by atoms with Gasteiger partial charge in [0, 0.05) is 31.2 Å². The zero-order chi connectivity index (χ0) is 14.9. The van der Waals surface area contributed by atoms with Gasteiger partial charge in [0.25, 0.3) is 0 Å². The molecule has 3 heteroatoms. The van der Waals surface area contributed by atoms with Crippen molar-refractivity contribution >= 4 is 0 Å². The minimum atomic E-state index is -0.131. The van der Waals surface area contributed by atoms with Gasteiger partial charge in [0.05, 0.1) is 0 Å². The fourth-order valence-electron chi connectivity index (χ4n) is 3.92. The molecule has 2 nitrogen and oxygen atoms in total. The summed E-state index contributed by atoms with van der Waals surface area (Å²) >= 11 is 0. The number of hydrogen-bond acceptors (Lipinski definition) is 2. The molecule has 1 spiro atoms. The Morgan fingerprint density at radius 2 is 2.05 bits per heavy atom. The Labute approximate surface area is 127 Å². The lowest BCUT2D eigenvalue weighted by Crippen LogP contribution is -2.63. The van der Waals surface area contributed by atoms with Crippen LogP contribution in [0.5, 0.6) is 0 Å². The Balaban J connectivity index is 1.73. The maximum atomic E-state index is 13.3. The van der Waals surface area contributed by atoms with E-state index in [1.54, 1.807) is 12.1 Å². The highest BCUT2D eigenvalue weighted by atomic mass is 19.1. The van der Waals surface area contributed by atoms with E-state index >= 15 is 0 Å². The Morgan fingerprint density at radius 1 is 1.29 bits per heavy atom. The predicted octanol–water partition coefficient (Wildman–Crippen LogP) is 3.63. The van der Waals surface area contributed by atoms with E-state index in [0.29, 0.717) is 11.6 Å². The van der Waals surface area contributed by atoms with Gasteiger partial charge in [0.15, 0.2) is 0 Å². The average Bonchev–Trinajstić information content (AvgIpc) is 2.47. The van der Waals surface area contributed by atoms with E-state index in [-0.39, 0.29) is 5.82 Å². The molecule has 1 N–H and O–H groups in total. The number of halogens is 1. The Morgan fingerprint density at radius 3 is 2.76 bits per heavy atom. The van der Waals surface area contributed by atoms with Crippen molar-refractivity contribution < 1.29 is 4.39 Å². The van der Waals surface area contributed by atoms with Crippen LogP contribution in [0.25, 0.3) is 0 Å². The number of nitrogens with one attached hydrogen (secondary N) is 1. The summed E-state index contributed by atoms with van der Waals surface area (Å²) in [5.41, 5.74) is 2.66. The van der Waals surface area contributed by atoms with Gasteiger partial charge in [-0.2, -0.15) is 0 Å². The van der Waals surface area contributed by atoms with Gasteiger partial charge in [-0.3, -0.25) is 4.90 Å². The van der Waals surface area contributed by atoms with Crippen LogP contribution in [0.1, 0.15) is 50.2 Å². The monoisotopic (exact) mass is 290 g/mol. The highest BCUT2D eigenvalue weighted by Gasteiger charge is 2.38. The second-order valence-corrected chi connectivity index (χ2v) is 7.05. The van der Waals surface area contributed by atoms with Gasteiger partial charge in [0.1, 0.15) is 5.82 Å². The number of piperazine rings is 1. The van der Waals surface area contributed by atoms with Crippen LogP contribution in [0.3, 0.4) is 0 Å². The number of benzene rings is 1. The summed E-state index contributed by atoms with van der Waals surface area (Å²) in [6, 6.07) is 5.74. The van der Waals surface area contributed by atoms with E-state index < -0.39 is 0 Å². The maximum Gasteiger partial charge on any atom is 0.123 e. The maximum absolute atomic E-state index is 13.3. The molecular formula is C18H27FN2. The fourth-order valence-corrected chi connectivity index (χ4v) is 3.92. The molecule has 1 heterocycles. The van der Waals surface area contributed by atoms with Crippen molar-refractivity contribution in [1.29, 1.82) is 0 Å². The lowest BCUT2D eigenvalue weighted by molar-refractivity contribution is 0.0571. The van der Waals surface area contributed by atoms with Crippen LogP contribution < -0.4 is 5.32 Å². The first kappa shape index (κ1) is 15.0. The molecular weight excluding hydrogens is 263 g/mol. The number of aryl methyl sites for hydroxylation is 1. The lowest BCUT2D eigenvalue weighted by atomic mass is 9.79. The van der Waals surface area contributed by atoms with Crippen molar-refractivity contribution in [1.82, 2.24) is 10.2 Å². The molecule has 1 aromatic rings. The van der Waals surface area contributed by atoms with E-state index in [4.69, 9.17) is 0 Å². The highest BCUT2D eigenvalue weighted by Crippen LogP contribution is 2.32. The normalized spacial score (nSPS) is 26.1. The van der Waals surface area contributed by atoms with Crippen LogP contribution in [0.4, 0.5) is 4.39 Å². The molecule has 1 atom stereocenters. The Hall–Kier alpha value is -0.930. The standard InChI is InChI=1S/C18H27FN2/c1-14-10-17(19)7-6-16(14)12-21-13-18(20-11-15(21)2)8-4-3-5-9-18/h6-7,10,15,20H,3-5,8-9,11-13H2,1-2H3. The zero-order valence-corrected chi connectivity index (χ0v) is 13.3. The van der Waals surface area contributed by atoms with Crippen molar-refractivity contribution in [2.75, 3.05) is 13.1 Å². The molecule has 2 aliphatic rings. The Bertz CT molecular complexity index is 494. The summed E-state index contributed by atoms with van der Waals surface area (Å²) in [4.78, 5) is 2.59.